The van der Waals surface area contributed by atoms with Crippen LogP contribution in [0.5, 0.6) is 5.75 Å². The van der Waals surface area contributed by atoms with Gasteiger partial charge in [0.2, 0.25) is 0 Å². The molecule has 1 atom stereocenters. The Morgan fingerprint density at radius 1 is 1.15 bits per heavy atom. The number of para-hydroxylation sites is 1. The Labute approximate surface area is 118 Å². The molecule has 3 heteroatoms. The smallest absolute Gasteiger partial charge is 0.123 e. The number of fused-ring (bicyclic) bond motifs is 1. The second-order valence-electron chi connectivity index (χ2n) is 4.99. The molecule has 3 rings (SSSR count). The summed E-state index contributed by atoms with van der Waals surface area (Å²) < 4.78 is 5.88. The molecular weight excluding hydrogens is 248 g/mol. The highest BCUT2D eigenvalue weighted by Gasteiger charge is 2.21. The summed E-state index contributed by atoms with van der Waals surface area (Å²) in [5, 5.41) is 12.2. The summed E-state index contributed by atoms with van der Waals surface area (Å²) in [6.07, 6.45) is 1.18. The Morgan fingerprint density at radius 2 is 1.95 bits per heavy atom. The van der Waals surface area contributed by atoms with Crippen molar-refractivity contribution in [2.45, 2.75) is 19.1 Å². The number of rotatable bonds is 4. The molecule has 2 aromatic rings. The Morgan fingerprint density at radius 3 is 2.70 bits per heavy atom. The van der Waals surface area contributed by atoms with Crippen LogP contribution in [0.3, 0.4) is 0 Å². The molecule has 0 amide bonds. The summed E-state index contributed by atoms with van der Waals surface area (Å²) in [6, 6.07) is 18.0. The minimum absolute atomic E-state index is 0.214. The first-order chi connectivity index (χ1) is 9.85. The van der Waals surface area contributed by atoms with Crippen LogP contribution in [-0.2, 0) is 13.0 Å². The van der Waals surface area contributed by atoms with Crippen LogP contribution in [0.1, 0.15) is 16.7 Å². The minimum Gasteiger partial charge on any atom is -0.488 e. The molecule has 0 radical (unpaired) electrons. The third-order valence-corrected chi connectivity index (χ3v) is 3.50. The Hall–Kier alpha value is -2.31. The van der Waals surface area contributed by atoms with Crippen molar-refractivity contribution in [3.63, 3.8) is 0 Å². The number of nitriles is 1. The lowest BCUT2D eigenvalue weighted by Gasteiger charge is -2.12. The van der Waals surface area contributed by atoms with Gasteiger partial charge in [-0.25, -0.2) is 0 Å². The average Bonchev–Trinajstić information content (AvgIpc) is 2.90. The highest BCUT2D eigenvalue weighted by atomic mass is 16.5. The molecule has 1 heterocycles. The van der Waals surface area contributed by atoms with E-state index in [1.807, 2.05) is 36.4 Å². The number of hydrogen-bond donors (Lipinski definition) is 1. The lowest BCUT2D eigenvalue weighted by Crippen LogP contribution is -2.29. The molecule has 0 aromatic heterocycles. The van der Waals surface area contributed by atoms with Crippen LogP contribution in [0, 0.1) is 11.3 Å². The topological polar surface area (TPSA) is 45.0 Å². The van der Waals surface area contributed by atoms with Gasteiger partial charge in [-0.1, -0.05) is 30.3 Å². The van der Waals surface area contributed by atoms with Crippen LogP contribution in [0.25, 0.3) is 0 Å². The maximum Gasteiger partial charge on any atom is 0.123 e. The molecule has 1 aliphatic heterocycles. The summed E-state index contributed by atoms with van der Waals surface area (Å²) in [6.45, 7) is 1.62. The number of hydrogen-bond acceptors (Lipinski definition) is 3. The van der Waals surface area contributed by atoms with Crippen molar-refractivity contribution >= 4 is 0 Å². The van der Waals surface area contributed by atoms with Gasteiger partial charge in [-0.3, -0.25) is 0 Å². The summed E-state index contributed by atoms with van der Waals surface area (Å²) in [5.41, 5.74) is 3.17. The Bertz CT molecular complexity index is 603. The van der Waals surface area contributed by atoms with E-state index < -0.39 is 0 Å². The fourth-order valence-corrected chi connectivity index (χ4v) is 2.44. The molecular formula is C17H16N2O. The van der Waals surface area contributed by atoms with Gasteiger partial charge in [0.05, 0.1) is 11.6 Å². The van der Waals surface area contributed by atoms with Crippen LogP contribution in [0.15, 0.2) is 48.5 Å². The van der Waals surface area contributed by atoms with Gasteiger partial charge in [0.15, 0.2) is 0 Å². The molecule has 100 valence electrons. The number of nitrogens with zero attached hydrogens (tertiary/aromatic N) is 1. The zero-order valence-corrected chi connectivity index (χ0v) is 11.2. The van der Waals surface area contributed by atoms with E-state index in [0.717, 1.165) is 25.3 Å². The monoisotopic (exact) mass is 264 g/mol. The van der Waals surface area contributed by atoms with Crippen LogP contribution < -0.4 is 10.1 Å². The van der Waals surface area contributed by atoms with Gasteiger partial charge >= 0.3 is 0 Å². The van der Waals surface area contributed by atoms with E-state index in [-0.39, 0.29) is 6.10 Å². The van der Waals surface area contributed by atoms with E-state index in [1.165, 1.54) is 11.1 Å². The third kappa shape index (κ3) is 2.81. The summed E-state index contributed by atoms with van der Waals surface area (Å²) >= 11 is 0. The first kappa shape index (κ1) is 12.7. The molecule has 0 fully saturated rings. The number of benzene rings is 2. The first-order valence-electron chi connectivity index (χ1n) is 6.79. The fraction of sp³-hybridized carbons (Fsp3) is 0.235. The highest BCUT2D eigenvalue weighted by Crippen LogP contribution is 2.27. The molecule has 0 bridgehead atoms. The summed E-state index contributed by atoms with van der Waals surface area (Å²) in [5.74, 6) is 1.01. The van der Waals surface area contributed by atoms with Crippen molar-refractivity contribution in [3.05, 3.63) is 65.2 Å². The Balaban J connectivity index is 1.48. The van der Waals surface area contributed by atoms with E-state index in [2.05, 4.69) is 23.5 Å². The fourth-order valence-electron chi connectivity index (χ4n) is 2.44. The minimum atomic E-state index is 0.214. The largest absolute Gasteiger partial charge is 0.488 e. The predicted octanol–water partition coefficient (Wildman–Crippen LogP) is 2.65. The number of ether oxygens (including phenoxy) is 1. The Kier molecular flexibility index (Phi) is 3.67. The second-order valence-corrected chi connectivity index (χ2v) is 4.99. The normalized spacial score (nSPS) is 16.2. The van der Waals surface area contributed by atoms with E-state index in [9.17, 15) is 0 Å². The summed E-state index contributed by atoms with van der Waals surface area (Å²) in [7, 11) is 0. The van der Waals surface area contributed by atoms with Crippen LogP contribution in [-0.4, -0.2) is 12.6 Å². The van der Waals surface area contributed by atoms with Crippen molar-refractivity contribution in [2.75, 3.05) is 6.54 Å². The second kappa shape index (κ2) is 5.77. The average molecular weight is 264 g/mol. The SMILES string of the molecule is N#Cc1ccc(CNCC2Cc3ccccc3O2)cc1. The van der Waals surface area contributed by atoms with E-state index in [1.54, 1.807) is 0 Å². The van der Waals surface area contributed by atoms with Crippen LogP contribution in [0.2, 0.25) is 0 Å². The van der Waals surface area contributed by atoms with Gasteiger partial charge in [-0.2, -0.15) is 5.26 Å². The van der Waals surface area contributed by atoms with Crippen LogP contribution in [0.4, 0.5) is 0 Å². The molecule has 1 aliphatic rings. The van der Waals surface area contributed by atoms with Gasteiger partial charge in [-0.05, 0) is 29.3 Å². The third-order valence-electron chi connectivity index (χ3n) is 3.50. The van der Waals surface area contributed by atoms with Gasteiger partial charge in [0, 0.05) is 19.5 Å². The van der Waals surface area contributed by atoms with Crippen molar-refractivity contribution in [1.82, 2.24) is 5.32 Å². The molecule has 1 N–H and O–H groups in total. The molecule has 0 aliphatic carbocycles. The molecule has 20 heavy (non-hydrogen) atoms. The predicted molar refractivity (Wildman–Crippen MR) is 77.4 cm³/mol. The van der Waals surface area contributed by atoms with Crippen molar-refractivity contribution < 1.29 is 4.74 Å². The van der Waals surface area contributed by atoms with Crippen LogP contribution >= 0.6 is 0 Å². The van der Waals surface area contributed by atoms with Gasteiger partial charge in [0.25, 0.3) is 0 Å². The summed E-state index contributed by atoms with van der Waals surface area (Å²) in [4.78, 5) is 0. The molecule has 3 nitrogen and oxygen atoms in total. The van der Waals surface area contributed by atoms with Crippen molar-refractivity contribution in [1.29, 1.82) is 5.26 Å². The standard InChI is InChI=1S/C17H16N2O/c18-10-13-5-7-14(8-6-13)11-19-12-16-9-15-3-1-2-4-17(15)20-16/h1-8,16,19H,9,11-12H2. The molecule has 0 saturated carbocycles. The van der Waals surface area contributed by atoms with E-state index >= 15 is 0 Å². The van der Waals surface area contributed by atoms with Crippen molar-refractivity contribution in [3.8, 4) is 11.8 Å². The quantitative estimate of drug-likeness (QED) is 0.923. The van der Waals surface area contributed by atoms with Crippen molar-refractivity contribution in [2.24, 2.45) is 0 Å². The maximum atomic E-state index is 8.75. The first-order valence-corrected chi connectivity index (χ1v) is 6.79. The molecule has 0 spiro atoms. The highest BCUT2D eigenvalue weighted by molar-refractivity contribution is 5.37. The molecule has 1 unspecified atom stereocenters. The lowest BCUT2D eigenvalue weighted by atomic mass is 10.1. The molecule has 2 aromatic carbocycles. The molecule has 0 saturated heterocycles. The zero-order valence-electron chi connectivity index (χ0n) is 11.2. The van der Waals surface area contributed by atoms with E-state index in [0.29, 0.717) is 5.56 Å². The van der Waals surface area contributed by atoms with E-state index in [4.69, 9.17) is 10.00 Å². The van der Waals surface area contributed by atoms with Gasteiger partial charge < -0.3 is 10.1 Å². The van der Waals surface area contributed by atoms with Gasteiger partial charge in [-0.15, -0.1) is 0 Å². The maximum absolute atomic E-state index is 8.75. The number of nitrogens with one attached hydrogen (secondary N) is 1. The zero-order chi connectivity index (χ0) is 13.8. The van der Waals surface area contributed by atoms with Gasteiger partial charge in [0.1, 0.15) is 11.9 Å². The lowest BCUT2D eigenvalue weighted by molar-refractivity contribution is 0.227.